The number of nitrogens with zero attached hydrogens (tertiary/aromatic N) is 3. The van der Waals surface area contributed by atoms with E-state index in [0.29, 0.717) is 56.5 Å². The van der Waals surface area contributed by atoms with Gasteiger partial charge in [0.1, 0.15) is 11.5 Å². The van der Waals surface area contributed by atoms with Gasteiger partial charge < -0.3 is 19.1 Å². The Labute approximate surface area is 187 Å². The van der Waals surface area contributed by atoms with Crippen molar-refractivity contribution in [3.8, 4) is 11.3 Å². The minimum Gasteiger partial charge on any atom is -0.378 e. The Morgan fingerprint density at radius 3 is 2.44 bits per heavy atom. The molecule has 0 unspecified atom stereocenters. The topological polar surface area (TPSA) is 58.8 Å². The standard InChI is InChI=1S/C25H28FN3O3/c1-18(2)16-29(24(30)20-6-4-3-5-7-20)17-22-23(19-8-10-21(26)11-9-19)27-32-25(22)28-12-14-31-15-13-28/h3-11,18H,12-17H2,1-2H3. The van der Waals surface area contributed by atoms with E-state index in [0.717, 1.165) is 11.1 Å². The number of halogens is 1. The van der Waals surface area contributed by atoms with Crippen molar-refractivity contribution in [1.82, 2.24) is 10.1 Å². The molecule has 4 rings (SSSR count). The molecular weight excluding hydrogens is 409 g/mol. The van der Waals surface area contributed by atoms with Crippen LogP contribution in [-0.4, -0.2) is 48.8 Å². The van der Waals surface area contributed by atoms with Gasteiger partial charge >= 0.3 is 0 Å². The van der Waals surface area contributed by atoms with Crippen LogP contribution in [0.1, 0.15) is 29.8 Å². The van der Waals surface area contributed by atoms with Crippen LogP contribution in [0.3, 0.4) is 0 Å². The van der Waals surface area contributed by atoms with Crippen LogP contribution in [0.2, 0.25) is 0 Å². The Morgan fingerprint density at radius 2 is 1.78 bits per heavy atom. The third-order valence-electron chi connectivity index (χ3n) is 5.43. The molecule has 0 N–H and O–H groups in total. The van der Waals surface area contributed by atoms with E-state index in [4.69, 9.17) is 9.26 Å². The number of carbonyl (C=O) groups excluding carboxylic acids is 1. The van der Waals surface area contributed by atoms with Gasteiger partial charge in [-0.25, -0.2) is 4.39 Å². The zero-order valence-electron chi connectivity index (χ0n) is 18.5. The summed E-state index contributed by atoms with van der Waals surface area (Å²) in [6.07, 6.45) is 0. The molecule has 32 heavy (non-hydrogen) atoms. The molecule has 0 radical (unpaired) electrons. The second kappa shape index (κ2) is 9.96. The highest BCUT2D eigenvalue weighted by Crippen LogP contribution is 2.33. The SMILES string of the molecule is CC(C)CN(Cc1c(-c2ccc(F)cc2)noc1N1CCOCC1)C(=O)c1ccccc1. The molecule has 6 nitrogen and oxygen atoms in total. The van der Waals surface area contributed by atoms with Crippen molar-refractivity contribution in [3.05, 3.63) is 71.5 Å². The zero-order chi connectivity index (χ0) is 22.5. The van der Waals surface area contributed by atoms with Crippen molar-refractivity contribution in [1.29, 1.82) is 0 Å². The number of benzene rings is 2. The molecular formula is C25H28FN3O3. The van der Waals surface area contributed by atoms with Crippen molar-refractivity contribution < 1.29 is 18.4 Å². The molecule has 1 amide bonds. The normalized spacial score (nSPS) is 14.1. The lowest BCUT2D eigenvalue weighted by Crippen LogP contribution is -2.38. The Kier molecular flexibility index (Phi) is 6.85. The summed E-state index contributed by atoms with van der Waals surface area (Å²) in [5, 5.41) is 4.34. The van der Waals surface area contributed by atoms with Crippen LogP contribution in [0, 0.1) is 11.7 Å². The molecule has 0 saturated carbocycles. The van der Waals surface area contributed by atoms with Crippen molar-refractivity contribution >= 4 is 11.8 Å². The summed E-state index contributed by atoms with van der Waals surface area (Å²) in [6.45, 7) is 7.67. The molecule has 0 bridgehead atoms. The van der Waals surface area contributed by atoms with Gasteiger partial charge in [-0.3, -0.25) is 4.79 Å². The first-order valence-corrected chi connectivity index (χ1v) is 10.9. The largest absolute Gasteiger partial charge is 0.378 e. The number of carbonyl (C=O) groups is 1. The van der Waals surface area contributed by atoms with Crippen molar-refractivity contribution in [2.24, 2.45) is 5.92 Å². The van der Waals surface area contributed by atoms with E-state index in [1.54, 1.807) is 12.1 Å². The summed E-state index contributed by atoms with van der Waals surface area (Å²) < 4.78 is 24.8. The number of morpholine rings is 1. The molecule has 1 fully saturated rings. The van der Waals surface area contributed by atoms with Crippen LogP contribution in [-0.2, 0) is 11.3 Å². The second-order valence-electron chi connectivity index (χ2n) is 8.37. The maximum atomic E-state index is 13.5. The van der Waals surface area contributed by atoms with Gasteiger partial charge in [0.25, 0.3) is 5.91 Å². The quantitative estimate of drug-likeness (QED) is 0.540. The summed E-state index contributed by atoms with van der Waals surface area (Å²) in [5.74, 6) is 0.567. The highest BCUT2D eigenvalue weighted by molar-refractivity contribution is 5.94. The Bertz CT molecular complexity index is 1030. The first kappa shape index (κ1) is 22.0. The number of amides is 1. The molecule has 2 aromatic carbocycles. The van der Waals surface area contributed by atoms with Gasteiger partial charge in [-0.1, -0.05) is 37.2 Å². The maximum Gasteiger partial charge on any atom is 0.254 e. The zero-order valence-corrected chi connectivity index (χ0v) is 18.5. The van der Waals surface area contributed by atoms with Crippen LogP contribution in [0.4, 0.5) is 10.3 Å². The van der Waals surface area contributed by atoms with Crippen molar-refractivity contribution in [2.45, 2.75) is 20.4 Å². The summed E-state index contributed by atoms with van der Waals surface area (Å²) in [5.41, 5.74) is 2.84. The van der Waals surface area contributed by atoms with E-state index in [9.17, 15) is 9.18 Å². The van der Waals surface area contributed by atoms with Gasteiger partial charge in [0, 0.05) is 30.8 Å². The molecule has 1 saturated heterocycles. The first-order chi connectivity index (χ1) is 15.5. The average molecular weight is 438 g/mol. The van der Waals surface area contributed by atoms with Gasteiger partial charge in [0.15, 0.2) is 0 Å². The molecule has 1 aliphatic heterocycles. The van der Waals surface area contributed by atoms with Gasteiger partial charge in [0.05, 0.1) is 25.3 Å². The summed E-state index contributed by atoms with van der Waals surface area (Å²) in [6, 6.07) is 15.5. The van der Waals surface area contributed by atoms with E-state index in [2.05, 4.69) is 23.9 Å². The minimum absolute atomic E-state index is 0.0431. The van der Waals surface area contributed by atoms with Crippen LogP contribution in [0.5, 0.6) is 0 Å². The maximum absolute atomic E-state index is 13.5. The van der Waals surface area contributed by atoms with Gasteiger partial charge in [0.2, 0.25) is 5.88 Å². The fraction of sp³-hybridized carbons (Fsp3) is 0.360. The number of anilines is 1. The average Bonchev–Trinajstić information content (AvgIpc) is 3.23. The fourth-order valence-electron chi connectivity index (χ4n) is 3.91. The van der Waals surface area contributed by atoms with E-state index >= 15 is 0 Å². The summed E-state index contributed by atoms with van der Waals surface area (Å²) in [7, 11) is 0. The van der Waals surface area contributed by atoms with Crippen molar-refractivity contribution in [3.63, 3.8) is 0 Å². The highest BCUT2D eigenvalue weighted by atomic mass is 19.1. The number of hydrogen-bond acceptors (Lipinski definition) is 5. The fourth-order valence-corrected chi connectivity index (χ4v) is 3.91. The summed E-state index contributed by atoms with van der Waals surface area (Å²) >= 11 is 0. The number of hydrogen-bond donors (Lipinski definition) is 0. The van der Waals surface area contributed by atoms with E-state index in [1.165, 1.54) is 12.1 Å². The first-order valence-electron chi connectivity index (χ1n) is 10.9. The van der Waals surface area contributed by atoms with Crippen molar-refractivity contribution in [2.75, 3.05) is 37.7 Å². The molecule has 168 valence electrons. The van der Waals surface area contributed by atoms with Gasteiger partial charge in [-0.2, -0.15) is 0 Å². The van der Waals surface area contributed by atoms with Crippen LogP contribution in [0.25, 0.3) is 11.3 Å². The van der Waals surface area contributed by atoms with Gasteiger partial charge in [-0.15, -0.1) is 0 Å². The second-order valence-corrected chi connectivity index (χ2v) is 8.37. The molecule has 0 spiro atoms. The highest BCUT2D eigenvalue weighted by Gasteiger charge is 2.28. The van der Waals surface area contributed by atoms with Crippen LogP contribution >= 0.6 is 0 Å². The monoisotopic (exact) mass is 437 g/mol. The molecule has 3 aromatic rings. The Hall–Kier alpha value is -3.19. The third kappa shape index (κ3) is 4.99. The lowest BCUT2D eigenvalue weighted by Gasteiger charge is -2.29. The van der Waals surface area contributed by atoms with Crippen LogP contribution in [0.15, 0.2) is 59.1 Å². The van der Waals surface area contributed by atoms with Crippen LogP contribution < -0.4 is 4.90 Å². The predicted molar refractivity (Wildman–Crippen MR) is 121 cm³/mol. The smallest absolute Gasteiger partial charge is 0.254 e. The molecule has 1 aliphatic rings. The lowest BCUT2D eigenvalue weighted by molar-refractivity contribution is 0.0722. The number of ether oxygens (including phenoxy) is 1. The number of rotatable bonds is 7. The third-order valence-corrected chi connectivity index (χ3v) is 5.43. The lowest BCUT2D eigenvalue weighted by atomic mass is 10.0. The molecule has 0 aliphatic carbocycles. The number of aromatic nitrogens is 1. The Morgan fingerprint density at radius 1 is 1.09 bits per heavy atom. The van der Waals surface area contributed by atoms with Gasteiger partial charge in [-0.05, 0) is 42.3 Å². The predicted octanol–water partition coefficient (Wildman–Crippen LogP) is 4.62. The van der Waals surface area contributed by atoms with E-state index in [-0.39, 0.29) is 17.6 Å². The molecule has 2 heterocycles. The van der Waals surface area contributed by atoms with E-state index in [1.807, 2.05) is 35.2 Å². The minimum atomic E-state index is -0.312. The van der Waals surface area contributed by atoms with E-state index < -0.39 is 0 Å². The Balaban J connectivity index is 1.73. The molecule has 1 aromatic heterocycles. The molecule has 0 atom stereocenters. The molecule has 7 heteroatoms. The summed E-state index contributed by atoms with van der Waals surface area (Å²) in [4.78, 5) is 17.3.